The van der Waals surface area contributed by atoms with Crippen molar-refractivity contribution in [2.75, 3.05) is 25.3 Å². The normalized spacial score (nSPS) is 25.8. The summed E-state index contributed by atoms with van der Waals surface area (Å²) >= 11 is 13.7. The number of rotatable bonds is 33. The van der Waals surface area contributed by atoms with Crippen molar-refractivity contribution in [2.45, 2.75) is 265 Å². The van der Waals surface area contributed by atoms with Gasteiger partial charge in [0.05, 0.1) is 53.1 Å². The number of hydrazone groups is 1. The van der Waals surface area contributed by atoms with E-state index in [1.807, 2.05) is 26.0 Å². The van der Waals surface area contributed by atoms with E-state index in [1.54, 1.807) is 56.5 Å². The summed E-state index contributed by atoms with van der Waals surface area (Å²) in [6.07, 6.45) is 32.9. The minimum absolute atomic E-state index is 0.00671. The number of amides is 2. The molecule has 0 aromatic heterocycles. The zero-order valence-electron chi connectivity index (χ0n) is 63.2. The van der Waals surface area contributed by atoms with Crippen molar-refractivity contribution in [3.63, 3.8) is 0 Å². The minimum Gasteiger partial charge on any atom is -0.497 e. The number of aliphatic hydroxyl groups is 2. The molecule has 0 bridgehead atoms. The predicted molar refractivity (Wildman–Crippen MR) is 415 cm³/mol. The first-order valence-corrected chi connectivity index (χ1v) is 40.5. The van der Waals surface area contributed by atoms with Crippen LogP contribution < -0.4 is 24.5 Å². The van der Waals surface area contributed by atoms with E-state index in [4.69, 9.17) is 44.0 Å². The van der Waals surface area contributed by atoms with Crippen LogP contribution in [0.5, 0.6) is 17.2 Å². The van der Waals surface area contributed by atoms with Crippen LogP contribution in [0, 0.1) is 58.8 Å². The highest BCUT2D eigenvalue weighted by Gasteiger charge is 2.66. The molecule has 3 heterocycles. The molecule has 0 spiro atoms. The molecule has 572 valence electrons. The Kier molecular flexibility index (Phi) is 32.5. The van der Waals surface area contributed by atoms with Gasteiger partial charge in [-0.15, -0.1) is 5.01 Å². The molecule has 105 heavy (non-hydrogen) atoms. The van der Waals surface area contributed by atoms with Gasteiger partial charge in [-0.1, -0.05) is 210 Å². The first-order chi connectivity index (χ1) is 50.3. The van der Waals surface area contributed by atoms with Gasteiger partial charge in [-0.2, -0.15) is 0 Å². The topological polar surface area (TPSA) is 249 Å². The summed E-state index contributed by atoms with van der Waals surface area (Å²) in [4.78, 5) is 103. The molecule has 1 unspecified atom stereocenters. The zero-order chi connectivity index (χ0) is 76.0. The highest BCUT2D eigenvalue weighted by atomic mass is 35.5. The Morgan fingerprint density at radius 1 is 0.771 bits per heavy atom. The first-order valence-electron chi connectivity index (χ1n) is 38.8. The van der Waals surface area contributed by atoms with Crippen LogP contribution >= 0.6 is 35.0 Å². The van der Waals surface area contributed by atoms with Crippen LogP contribution in [-0.2, 0) is 40.0 Å². The molecule has 3 aromatic carbocycles. The summed E-state index contributed by atoms with van der Waals surface area (Å²) < 4.78 is 16.3. The Balaban J connectivity index is 0.000000215. The Morgan fingerprint density at radius 3 is 2.00 bits per heavy atom. The van der Waals surface area contributed by atoms with Crippen molar-refractivity contribution >= 4 is 98.2 Å². The number of hydrogen-bond donors (Lipinski definition) is 3. The summed E-state index contributed by atoms with van der Waals surface area (Å²) in [6.45, 7) is 21.7. The van der Waals surface area contributed by atoms with Gasteiger partial charge in [-0.05, 0) is 170 Å². The van der Waals surface area contributed by atoms with Crippen molar-refractivity contribution in [2.24, 2.45) is 62.3 Å². The first kappa shape index (κ1) is 84.1. The highest BCUT2D eigenvalue weighted by molar-refractivity contribution is 8.15. The number of carbonyl (C=O) groups is 8. The van der Waals surface area contributed by atoms with E-state index >= 15 is 0 Å². The van der Waals surface area contributed by atoms with Gasteiger partial charge in [0.15, 0.2) is 40.6 Å². The van der Waals surface area contributed by atoms with Crippen molar-refractivity contribution in [3.05, 3.63) is 105 Å². The summed E-state index contributed by atoms with van der Waals surface area (Å²) in [5, 5.41) is 31.5. The number of hydrogen-bond acceptors (Lipinski definition) is 16. The third-order valence-corrected chi connectivity index (χ3v) is 25.2. The molecule has 2 amide bonds. The van der Waals surface area contributed by atoms with Gasteiger partial charge >= 0.3 is 5.84 Å². The Bertz CT molecular complexity index is 3640. The van der Waals surface area contributed by atoms with Gasteiger partial charge in [0, 0.05) is 36.1 Å². The van der Waals surface area contributed by atoms with Gasteiger partial charge in [-0.25, -0.2) is 4.99 Å². The van der Waals surface area contributed by atoms with Crippen LogP contribution in [0.2, 0.25) is 10.0 Å². The Labute approximate surface area is 637 Å². The Morgan fingerprint density at radius 2 is 1.41 bits per heavy atom. The number of ketones is 5. The second kappa shape index (κ2) is 40.6. The fraction of sp³-hybridized carbons (Fsp3) is 0.631. The van der Waals surface area contributed by atoms with Crippen molar-refractivity contribution < 1.29 is 62.8 Å². The van der Waals surface area contributed by atoms with E-state index in [1.165, 1.54) is 108 Å². The van der Waals surface area contributed by atoms with Crippen LogP contribution in [0.1, 0.15) is 251 Å². The van der Waals surface area contributed by atoms with E-state index in [-0.39, 0.29) is 127 Å². The summed E-state index contributed by atoms with van der Waals surface area (Å²) in [5.74, 6) is 2.23. The number of nitrogens with one attached hydrogen (secondary N) is 1. The maximum Gasteiger partial charge on any atom is 0.337 e. The van der Waals surface area contributed by atoms with Gasteiger partial charge in [0.25, 0.3) is 5.91 Å². The lowest BCUT2D eigenvalue weighted by Gasteiger charge is -2.63. The number of aliphatic hydroxyl groups excluding tert-OH is 2. The molecule has 4 aliphatic carbocycles. The van der Waals surface area contributed by atoms with Crippen LogP contribution in [0.4, 0.5) is 5.69 Å². The number of fused-ring (bicyclic) bond motifs is 5. The lowest BCUT2D eigenvalue weighted by atomic mass is 9.43. The van der Waals surface area contributed by atoms with Gasteiger partial charge in [0.1, 0.15) is 23.8 Å². The lowest BCUT2D eigenvalue weighted by Crippen LogP contribution is -2.63. The van der Waals surface area contributed by atoms with Crippen molar-refractivity contribution in [1.82, 2.24) is 5.32 Å². The summed E-state index contributed by atoms with van der Waals surface area (Å²) in [6, 6.07) is 17.1. The quantitative estimate of drug-likeness (QED) is 0.0222. The lowest BCUT2D eigenvalue weighted by molar-refractivity contribution is -0.202. The van der Waals surface area contributed by atoms with Crippen molar-refractivity contribution in [3.8, 4) is 17.2 Å². The molecular formula is C84H113Cl2N5O13S. The molecule has 12 atom stereocenters. The van der Waals surface area contributed by atoms with Gasteiger partial charge < -0.3 is 44.2 Å². The molecule has 3 aromatic rings. The van der Waals surface area contributed by atoms with E-state index in [2.05, 4.69) is 48.0 Å². The second-order valence-corrected chi connectivity index (χ2v) is 33.3. The van der Waals surface area contributed by atoms with Crippen LogP contribution in [-0.4, -0.2) is 112 Å². The molecule has 1 saturated heterocycles. The maximum absolute atomic E-state index is 13.0. The molecule has 21 heteroatoms. The number of Topliss-reactive ketones (excluding diaryl/α,β-unsaturated/α-hetero) is 5. The molecule has 3 N–H and O–H groups in total. The predicted octanol–water partition coefficient (Wildman–Crippen LogP) is 17.7. The summed E-state index contributed by atoms with van der Waals surface area (Å²) in [7, 11) is 1.55. The third-order valence-electron chi connectivity index (χ3n) is 23.6. The molecule has 18 nitrogen and oxygen atoms in total. The summed E-state index contributed by atoms with van der Waals surface area (Å²) in [5.41, 5.74) is 2.19. The van der Waals surface area contributed by atoms with E-state index in [0.717, 1.165) is 86.5 Å². The van der Waals surface area contributed by atoms with E-state index in [0.29, 0.717) is 71.5 Å². The molecule has 5 fully saturated rings. The van der Waals surface area contributed by atoms with Crippen molar-refractivity contribution in [1.29, 1.82) is 0 Å². The molecule has 3 aliphatic heterocycles. The number of thioether (sulfide) groups is 1. The highest BCUT2D eigenvalue weighted by Crippen LogP contribution is 2.68. The molecule has 10 rings (SSSR count). The van der Waals surface area contributed by atoms with E-state index in [9.17, 15) is 48.6 Å². The SMILES string of the molecule is CCCCCCCCCCCCCCCCCCCC(=O)N[C@H]1CC[C@@]2(C)[C@H](C1)C[C@@H](O)[C@@H]1[C@@H]2C[C@H](O)[C@]2(C)[C@@H]([C@H](C)CCC(C)=O)CC[C@@H]12.COc1cccc(C(=O)COc2ccc(CC3SC(=O)CC3=O)cc2)c1.[C-]#[N+]C1=NN(c2cc(Cl)c(OC3=NCC(=O)C(C(C)C)=C3)c(Cl)c2)C(=O)CC1=O. The average Bonchev–Trinajstić information content (AvgIpc) is 1.66. The van der Waals surface area contributed by atoms with E-state index < -0.39 is 23.9 Å². The van der Waals surface area contributed by atoms with Gasteiger partial charge in [-0.3, -0.25) is 28.8 Å². The number of amidine groups is 1. The van der Waals surface area contributed by atoms with Gasteiger partial charge in [0.2, 0.25) is 11.8 Å². The number of ether oxygens (including phenoxy) is 3. The zero-order valence-corrected chi connectivity index (χ0v) is 65.5. The van der Waals surface area contributed by atoms with Crippen LogP contribution in [0.25, 0.3) is 4.85 Å². The number of anilines is 1. The number of halogens is 2. The smallest absolute Gasteiger partial charge is 0.337 e. The number of dihydropyridines is 1. The number of unbranched alkanes of at least 4 members (excludes halogenated alkanes) is 16. The van der Waals surface area contributed by atoms with Crippen LogP contribution in [0.3, 0.4) is 0 Å². The average molecular weight is 1500 g/mol. The molecule has 4 saturated carbocycles. The maximum atomic E-state index is 13.0. The van der Waals surface area contributed by atoms with Crippen LogP contribution in [0.15, 0.2) is 82.4 Å². The Hall–Kier alpha value is -6.56. The standard InChI is InChI=1S/C45H81NO4.C20H18O5S.C19H14Cl2N4O4/c1-6-7-8-9-10-11-12-13-14-15-16-17-18-19-20-21-22-23-42(50)46-36-28-29-44(4)35(30-36)31-40(48)43-38-27-26-37(33(2)24-25-34(3)47)45(38,5)41(49)32-39(43)44;1-24-16-4-2-3-14(10-16)18(22)12-25-15-7-5-13(6-8-15)9-19-17(21)11-20(23)26-19;1-9(2)11-6-16(23-8-15(11)27)29-18-12(20)4-10(5-13(18)21)25-17(28)7-14(26)19(22-3)24-25/h33,35-41,43,48-49H,6-32H2,1-5H3,(H,46,50);2-8,10,19H,9,11-12H2,1H3;4-6,9H,7-8H2,1-2H3/t33-,35-,36+,37-,38+,39+,40-,41+,43+,44+,45-;;/m1../s1. The number of nitrogens with zero attached hydrogens (tertiary/aromatic N) is 4. The fourth-order valence-electron chi connectivity index (χ4n) is 17.6. The minimum atomic E-state index is -0.643. The number of carbonyl (C=O) groups excluding carboxylic acids is 8. The number of methoxy groups -OCH3 is 1. The molecular weight excluding hydrogens is 1390 g/mol. The second-order valence-electron chi connectivity index (χ2n) is 31.2. The molecule has 7 aliphatic rings. The third kappa shape index (κ3) is 23.0. The molecule has 0 radical (unpaired) electrons. The number of aliphatic imine (C=N–C) groups is 1. The fourth-order valence-corrected chi connectivity index (χ4v) is 19.2. The monoisotopic (exact) mass is 1500 g/mol. The largest absolute Gasteiger partial charge is 0.497 e. The number of benzene rings is 3.